The molecule has 0 unspecified atom stereocenters. The van der Waals surface area contributed by atoms with Crippen molar-refractivity contribution < 1.29 is 0 Å². The van der Waals surface area contributed by atoms with Crippen LogP contribution in [0.3, 0.4) is 0 Å². The third-order valence-corrected chi connectivity index (χ3v) is 4.51. The fourth-order valence-electron chi connectivity index (χ4n) is 3.17. The molecule has 0 atom stereocenters. The molecule has 4 aromatic carbocycles. The van der Waals surface area contributed by atoms with E-state index in [1.54, 1.807) is 0 Å². The fraction of sp³-hybridized carbons (Fsp3) is 0.0833. The van der Waals surface area contributed by atoms with Crippen molar-refractivity contribution in [2.45, 2.75) is 13.8 Å². The lowest BCUT2D eigenvalue weighted by molar-refractivity contribution is 1.50. The first-order valence-corrected chi connectivity index (χ1v) is 8.36. The molecule has 0 amide bonds. The molecule has 0 aliphatic rings. The maximum absolute atomic E-state index is 2.25. The second-order valence-electron chi connectivity index (χ2n) is 6.55. The molecule has 0 nitrogen and oxygen atoms in total. The molecule has 24 heavy (non-hydrogen) atoms. The zero-order valence-electron chi connectivity index (χ0n) is 14.1. The van der Waals surface area contributed by atoms with E-state index in [2.05, 4.69) is 98.8 Å². The summed E-state index contributed by atoms with van der Waals surface area (Å²) in [4.78, 5) is 0. The SMILES string of the molecule is Cc1ccc2cc(C=Cc3ccc4cc(C)ccc4c3)ccc2c1. The number of hydrogen-bond acceptors (Lipinski definition) is 0. The van der Waals surface area contributed by atoms with E-state index >= 15 is 0 Å². The zero-order valence-corrected chi connectivity index (χ0v) is 14.1. The van der Waals surface area contributed by atoms with E-state index in [9.17, 15) is 0 Å². The van der Waals surface area contributed by atoms with Crippen LogP contribution in [0.4, 0.5) is 0 Å². The average molecular weight is 308 g/mol. The van der Waals surface area contributed by atoms with Crippen LogP contribution in [0.15, 0.2) is 72.8 Å². The predicted molar refractivity (Wildman–Crippen MR) is 106 cm³/mol. The van der Waals surface area contributed by atoms with Gasteiger partial charge in [-0.15, -0.1) is 0 Å². The van der Waals surface area contributed by atoms with E-state index in [-0.39, 0.29) is 0 Å². The van der Waals surface area contributed by atoms with Gasteiger partial charge in [0.25, 0.3) is 0 Å². The van der Waals surface area contributed by atoms with Gasteiger partial charge in [0.2, 0.25) is 0 Å². The summed E-state index contributed by atoms with van der Waals surface area (Å²) in [5, 5.41) is 5.18. The van der Waals surface area contributed by atoms with Gasteiger partial charge in [0.15, 0.2) is 0 Å². The van der Waals surface area contributed by atoms with E-state index in [0.29, 0.717) is 0 Å². The highest BCUT2D eigenvalue weighted by Crippen LogP contribution is 2.21. The van der Waals surface area contributed by atoms with Crippen molar-refractivity contribution in [2.75, 3.05) is 0 Å². The van der Waals surface area contributed by atoms with Crippen LogP contribution in [0.5, 0.6) is 0 Å². The van der Waals surface area contributed by atoms with Gasteiger partial charge in [-0.05, 0) is 58.7 Å². The minimum atomic E-state index is 1.23. The lowest BCUT2D eigenvalue weighted by Crippen LogP contribution is -1.79. The smallest absolute Gasteiger partial charge is 0.0178 e. The lowest BCUT2D eigenvalue weighted by atomic mass is 10.0. The van der Waals surface area contributed by atoms with Gasteiger partial charge in [-0.25, -0.2) is 0 Å². The van der Waals surface area contributed by atoms with Gasteiger partial charge >= 0.3 is 0 Å². The monoisotopic (exact) mass is 308 g/mol. The quantitative estimate of drug-likeness (QED) is 0.358. The van der Waals surface area contributed by atoms with E-state index in [0.717, 1.165) is 0 Å². The first-order chi connectivity index (χ1) is 11.7. The van der Waals surface area contributed by atoms with Gasteiger partial charge in [0.1, 0.15) is 0 Å². The third-order valence-electron chi connectivity index (χ3n) is 4.51. The molecule has 0 bridgehead atoms. The van der Waals surface area contributed by atoms with Crippen molar-refractivity contribution in [1.82, 2.24) is 0 Å². The predicted octanol–water partition coefficient (Wildman–Crippen LogP) is 6.78. The molecule has 0 heteroatoms. The van der Waals surface area contributed by atoms with Gasteiger partial charge in [0, 0.05) is 0 Å². The number of aryl methyl sites for hydroxylation is 2. The maximum atomic E-state index is 2.25. The summed E-state index contributed by atoms with van der Waals surface area (Å²) >= 11 is 0. The molecule has 0 aliphatic carbocycles. The average Bonchev–Trinajstić information content (AvgIpc) is 2.60. The van der Waals surface area contributed by atoms with E-state index in [4.69, 9.17) is 0 Å². The zero-order chi connectivity index (χ0) is 16.5. The van der Waals surface area contributed by atoms with Crippen LogP contribution in [0.2, 0.25) is 0 Å². The summed E-state index contributed by atoms with van der Waals surface area (Å²) in [7, 11) is 0. The van der Waals surface area contributed by atoms with Crippen molar-refractivity contribution in [3.05, 3.63) is 95.1 Å². The van der Waals surface area contributed by atoms with Crippen LogP contribution in [0.25, 0.3) is 33.7 Å². The maximum Gasteiger partial charge on any atom is -0.0178 e. The Balaban J connectivity index is 1.66. The first kappa shape index (κ1) is 14.7. The number of fused-ring (bicyclic) bond motifs is 2. The first-order valence-electron chi connectivity index (χ1n) is 8.36. The van der Waals surface area contributed by atoms with Gasteiger partial charge in [-0.1, -0.05) is 83.9 Å². The molecule has 0 saturated carbocycles. The molecular weight excluding hydrogens is 288 g/mol. The molecule has 116 valence electrons. The number of benzene rings is 4. The summed E-state index contributed by atoms with van der Waals surface area (Å²) in [6.45, 7) is 4.27. The van der Waals surface area contributed by atoms with Crippen LogP contribution < -0.4 is 0 Å². The molecule has 0 radical (unpaired) electrons. The highest BCUT2D eigenvalue weighted by molar-refractivity contribution is 5.88. The second-order valence-corrected chi connectivity index (χ2v) is 6.55. The Morgan fingerprint density at radius 3 is 1.29 bits per heavy atom. The molecule has 4 aromatic rings. The van der Waals surface area contributed by atoms with Crippen molar-refractivity contribution in [3.63, 3.8) is 0 Å². The molecule has 0 saturated heterocycles. The number of hydrogen-bond donors (Lipinski definition) is 0. The molecule has 0 N–H and O–H groups in total. The molecule has 0 spiro atoms. The Hall–Kier alpha value is -2.86. The van der Waals surface area contributed by atoms with Crippen LogP contribution in [-0.4, -0.2) is 0 Å². The van der Waals surface area contributed by atoms with E-state index < -0.39 is 0 Å². The van der Waals surface area contributed by atoms with Crippen molar-refractivity contribution in [2.24, 2.45) is 0 Å². The van der Waals surface area contributed by atoms with Gasteiger partial charge in [-0.2, -0.15) is 0 Å². The molecular formula is C24H20. The minimum Gasteiger partial charge on any atom is -0.0587 e. The normalized spacial score (nSPS) is 11.6. The van der Waals surface area contributed by atoms with Crippen molar-refractivity contribution >= 4 is 33.7 Å². The highest BCUT2D eigenvalue weighted by Gasteiger charge is 1.97. The van der Waals surface area contributed by atoms with E-state index in [1.807, 2.05) is 0 Å². The molecule has 0 heterocycles. The van der Waals surface area contributed by atoms with Crippen LogP contribution in [0, 0.1) is 13.8 Å². The van der Waals surface area contributed by atoms with Crippen molar-refractivity contribution in [3.8, 4) is 0 Å². The third kappa shape index (κ3) is 2.96. The highest BCUT2D eigenvalue weighted by atomic mass is 14.0. The van der Waals surface area contributed by atoms with E-state index in [1.165, 1.54) is 43.8 Å². The Bertz CT molecular complexity index is 981. The topological polar surface area (TPSA) is 0 Å². The standard InChI is InChI=1S/C24H20/c1-17-3-9-23-15-19(7-11-21(23)13-17)5-6-20-8-12-22-14-18(2)4-10-24(22)16-20/h3-16H,1-2H3. The Morgan fingerprint density at radius 2 is 0.833 bits per heavy atom. The summed E-state index contributed by atoms with van der Waals surface area (Å²) in [5.41, 5.74) is 5.07. The van der Waals surface area contributed by atoms with Crippen LogP contribution in [0.1, 0.15) is 22.3 Å². The summed E-state index contributed by atoms with van der Waals surface area (Å²) in [6.07, 6.45) is 4.38. The molecule has 0 aromatic heterocycles. The summed E-state index contributed by atoms with van der Waals surface area (Å²) < 4.78 is 0. The Kier molecular flexibility index (Phi) is 3.66. The number of rotatable bonds is 2. The Labute approximate surface area is 143 Å². The molecule has 4 rings (SSSR count). The second kappa shape index (κ2) is 5.98. The van der Waals surface area contributed by atoms with Crippen LogP contribution >= 0.6 is 0 Å². The summed E-state index contributed by atoms with van der Waals surface area (Å²) in [6, 6.07) is 26.4. The summed E-state index contributed by atoms with van der Waals surface area (Å²) in [5.74, 6) is 0. The van der Waals surface area contributed by atoms with Gasteiger partial charge < -0.3 is 0 Å². The largest absolute Gasteiger partial charge is 0.0587 e. The lowest BCUT2D eigenvalue weighted by Gasteiger charge is -2.03. The minimum absolute atomic E-state index is 1.23. The van der Waals surface area contributed by atoms with Gasteiger partial charge in [-0.3, -0.25) is 0 Å². The Morgan fingerprint density at radius 1 is 0.458 bits per heavy atom. The molecule has 0 aliphatic heterocycles. The van der Waals surface area contributed by atoms with Gasteiger partial charge in [0.05, 0.1) is 0 Å². The molecule has 0 fully saturated rings. The fourth-order valence-corrected chi connectivity index (χ4v) is 3.17. The van der Waals surface area contributed by atoms with Crippen molar-refractivity contribution in [1.29, 1.82) is 0 Å². The van der Waals surface area contributed by atoms with Crippen LogP contribution in [-0.2, 0) is 0 Å².